The molecule has 1 fully saturated rings. The molecule has 3 rings (SSSR count). The van der Waals surface area contributed by atoms with Gasteiger partial charge in [0.05, 0.1) is 6.61 Å². The van der Waals surface area contributed by atoms with Crippen molar-refractivity contribution in [2.45, 2.75) is 26.3 Å². The second-order valence-corrected chi connectivity index (χ2v) is 5.64. The standard InChI is InChI=1S/C19H24N2O/c1-2-22-19-8-4-3-7-16(19)15-20-17-9-11-18(12-10-17)21-13-5-6-14-21/h3-4,7-12,20H,2,5-6,13-15H2,1H3. The Balaban J connectivity index is 1.61. The van der Waals surface area contributed by atoms with Crippen LogP contribution in [-0.4, -0.2) is 19.7 Å². The SMILES string of the molecule is CCOc1ccccc1CNc1ccc(N2CCCC2)cc1. The third-order valence-corrected chi connectivity index (χ3v) is 4.09. The Kier molecular flexibility index (Phi) is 4.84. The number of rotatable bonds is 6. The smallest absolute Gasteiger partial charge is 0.124 e. The first kappa shape index (κ1) is 14.8. The first-order chi connectivity index (χ1) is 10.9. The molecule has 0 bridgehead atoms. The summed E-state index contributed by atoms with van der Waals surface area (Å²) in [7, 11) is 0. The van der Waals surface area contributed by atoms with E-state index in [9.17, 15) is 0 Å². The fourth-order valence-electron chi connectivity index (χ4n) is 2.91. The number of hydrogen-bond donors (Lipinski definition) is 1. The maximum Gasteiger partial charge on any atom is 0.124 e. The van der Waals surface area contributed by atoms with Crippen LogP contribution in [0.4, 0.5) is 11.4 Å². The van der Waals surface area contributed by atoms with Crippen LogP contribution in [0.5, 0.6) is 5.75 Å². The Morgan fingerprint density at radius 3 is 2.45 bits per heavy atom. The minimum atomic E-state index is 0.696. The van der Waals surface area contributed by atoms with Crippen LogP contribution >= 0.6 is 0 Å². The lowest BCUT2D eigenvalue weighted by molar-refractivity contribution is 0.337. The summed E-state index contributed by atoms with van der Waals surface area (Å²) in [5.41, 5.74) is 3.67. The second-order valence-electron chi connectivity index (χ2n) is 5.64. The van der Waals surface area contributed by atoms with Gasteiger partial charge in [0.25, 0.3) is 0 Å². The van der Waals surface area contributed by atoms with Crippen molar-refractivity contribution in [3.05, 3.63) is 54.1 Å². The Hall–Kier alpha value is -2.16. The average Bonchev–Trinajstić information content (AvgIpc) is 3.09. The molecule has 1 saturated heterocycles. The van der Waals surface area contributed by atoms with Crippen LogP contribution in [-0.2, 0) is 6.54 Å². The minimum absolute atomic E-state index is 0.696. The minimum Gasteiger partial charge on any atom is -0.494 e. The van der Waals surface area contributed by atoms with Gasteiger partial charge < -0.3 is 15.0 Å². The normalized spacial score (nSPS) is 14.1. The number of anilines is 2. The lowest BCUT2D eigenvalue weighted by atomic mass is 10.2. The van der Waals surface area contributed by atoms with Gasteiger partial charge in [-0.15, -0.1) is 0 Å². The first-order valence-electron chi connectivity index (χ1n) is 8.16. The largest absolute Gasteiger partial charge is 0.494 e. The monoisotopic (exact) mass is 296 g/mol. The highest BCUT2D eigenvalue weighted by Gasteiger charge is 2.11. The van der Waals surface area contributed by atoms with Crippen molar-refractivity contribution in [2.75, 3.05) is 29.9 Å². The van der Waals surface area contributed by atoms with Crippen LogP contribution in [0.3, 0.4) is 0 Å². The van der Waals surface area contributed by atoms with Gasteiger partial charge in [-0.05, 0) is 50.1 Å². The molecule has 0 aliphatic carbocycles. The van der Waals surface area contributed by atoms with Gasteiger partial charge in [0.1, 0.15) is 5.75 Å². The zero-order chi connectivity index (χ0) is 15.2. The third kappa shape index (κ3) is 3.53. The lowest BCUT2D eigenvalue weighted by Gasteiger charge is -2.18. The number of nitrogens with zero attached hydrogens (tertiary/aromatic N) is 1. The molecule has 1 heterocycles. The van der Waals surface area contributed by atoms with Crippen LogP contribution < -0.4 is 15.0 Å². The molecule has 22 heavy (non-hydrogen) atoms. The van der Waals surface area contributed by atoms with E-state index >= 15 is 0 Å². The van der Waals surface area contributed by atoms with Crippen LogP contribution in [0.25, 0.3) is 0 Å². The summed E-state index contributed by atoms with van der Waals surface area (Å²) in [5.74, 6) is 0.964. The molecule has 0 radical (unpaired) electrons. The summed E-state index contributed by atoms with van der Waals surface area (Å²) < 4.78 is 5.67. The predicted molar refractivity (Wildman–Crippen MR) is 92.8 cm³/mol. The zero-order valence-electron chi connectivity index (χ0n) is 13.2. The van der Waals surface area contributed by atoms with E-state index in [2.05, 4.69) is 46.6 Å². The van der Waals surface area contributed by atoms with Crippen molar-refractivity contribution in [1.82, 2.24) is 0 Å². The summed E-state index contributed by atoms with van der Waals surface area (Å²) in [6.45, 7) is 5.87. The van der Waals surface area contributed by atoms with E-state index in [0.717, 1.165) is 18.0 Å². The van der Waals surface area contributed by atoms with E-state index in [0.29, 0.717) is 6.61 Å². The Morgan fingerprint density at radius 1 is 1.00 bits per heavy atom. The highest BCUT2D eigenvalue weighted by Crippen LogP contribution is 2.23. The Bertz CT molecular complexity index is 589. The fraction of sp³-hybridized carbons (Fsp3) is 0.368. The lowest BCUT2D eigenvalue weighted by Crippen LogP contribution is -2.17. The summed E-state index contributed by atoms with van der Waals surface area (Å²) in [4.78, 5) is 2.45. The van der Waals surface area contributed by atoms with Gasteiger partial charge in [-0.2, -0.15) is 0 Å². The van der Waals surface area contributed by atoms with E-state index in [4.69, 9.17) is 4.74 Å². The highest BCUT2D eigenvalue weighted by molar-refractivity contribution is 5.56. The number of hydrogen-bond acceptors (Lipinski definition) is 3. The molecule has 1 aliphatic heterocycles. The molecule has 2 aromatic carbocycles. The quantitative estimate of drug-likeness (QED) is 0.860. The predicted octanol–water partition coefficient (Wildman–Crippen LogP) is 4.30. The summed E-state index contributed by atoms with van der Waals surface area (Å²) in [6.07, 6.45) is 2.63. The van der Waals surface area contributed by atoms with Crippen LogP contribution in [0.15, 0.2) is 48.5 Å². The molecule has 116 valence electrons. The molecule has 0 unspecified atom stereocenters. The van der Waals surface area contributed by atoms with Crippen LogP contribution in [0, 0.1) is 0 Å². The molecule has 0 aromatic heterocycles. The van der Waals surface area contributed by atoms with Crippen molar-refractivity contribution in [3.63, 3.8) is 0 Å². The van der Waals surface area contributed by atoms with Crippen molar-refractivity contribution < 1.29 is 4.74 Å². The van der Waals surface area contributed by atoms with Gasteiger partial charge in [0, 0.05) is 36.6 Å². The molecule has 1 N–H and O–H groups in total. The fourth-order valence-corrected chi connectivity index (χ4v) is 2.91. The maximum atomic E-state index is 5.67. The van der Waals surface area contributed by atoms with Crippen molar-refractivity contribution in [2.24, 2.45) is 0 Å². The molecular weight excluding hydrogens is 272 g/mol. The summed E-state index contributed by atoms with van der Waals surface area (Å²) in [5, 5.41) is 3.48. The van der Waals surface area contributed by atoms with E-state index in [-0.39, 0.29) is 0 Å². The van der Waals surface area contributed by atoms with Crippen LogP contribution in [0.2, 0.25) is 0 Å². The number of benzene rings is 2. The van der Waals surface area contributed by atoms with Crippen molar-refractivity contribution in [3.8, 4) is 5.75 Å². The Labute approximate surface area is 132 Å². The van der Waals surface area contributed by atoms with E-state index in [1.807, 2.05) is 19.1 Å². The summed E-state index contributed by atoms with van der Waals surface area (Å²) >= 11 is 0. The van der Waals surface area contributed by atoms with Gasteiger partial charge >= 0.3 is 0 Å². The van der Waals surface area contributed by atoms with Gasteiger partial charge in [0.2, 0.25) is 0 Å². The first-order valence-corrected chi connectivity index (χ1v) is 8.16. The third-order valence-electron chi connectivity index (χ3n) is 4.09. The molecule has 0 atom stereocenters. The van der Waals surface area contributed by atoms with Crippen molar-refractivity contribution >= 4 is 11.4 Å². The topological polar surface area (TPSA) is 24.5 Å². The van der Waals surface area contributed by atoms with E-state index in [1.165, 1.54) is 37.2 Å². The molecule has 0 saturated carbocycles. The van der Waals surface area contributed by atoms with E-state index < -0.39 is 0 Å². The molecule has 0 amide bonds. The summed E-state index contributed by atoms with van der Waals surface area (Å²) in [6, 6.07) is 16.9. The van der Waals surface area contributed by atoms with Crippen LogP contribution in [0.1, 0.15) is 25.3 Å². The number of para-hydroxylation sites is 1. The average molecular weight is 296 g/mol. The number of ether oxygens (including phenoxy) is 1. The van der Waals surface area contributed by atoms with Gasteiger partial charge in [0.15, 0.2) is 0 Å². The molecular formula is C19H24N2O. The van der Waals surface area contributed by atoms with Crippen molar-refractivity contribution in [1.29, 1.82) is 0 Å². The molecule has 3 heteroatoms. The molecule has 3 nitrogen and oxygen atoms in total. The van der Waals surface area contributed by atoms with Gasteiger partial charge in [-0.1, -0.05) is 18.2 Å². The Morgan fingerprint density at radius 2 is 1.73 bits per heavy atom. The second kappa shape index (κ2) is 7.21. The molecule has 1 aliphatic rings. The van der Waals surface area contributed by atoms with Gasteiger partial charge in [-0.25, -0.2) is 0 Å². The number of nitrogens with one attached hydrogen (secondary N) is 1. The maximum absolute atomic E-state index is 5.67. The molecule has 0 spiro atoms. The molecule has 2 aromatic rings. The van der Waals surface area contributed by atoms with E-state index in [1.54, 1.807) is 0 Å². The highest BCUT2D eigenvalue weighted by atomic mass is 16.5. The van der Waals surface area contributed by atoms with Gasteiger partial charge in [-0.3, -0.25) is 0 Å². The zero-order valence-corrected chi connectivity index (χ0v) is 13.2.